The van der Waals surface area contributed by atoms with Gasteiger partial charge in [0, 0.05) is 29.3 Å². The number of aromatic amines is 1. The van der Waals surface area contributed by atoms with Crippen LogP contribution in [0.5, 0.6) is 0 Å². The molecule has 0 aliphatic rings. The second kappa shape index (κ2) is 14.0. The maximum Gasteiger partial charge on any atom is 0.327 e. The average Bonchev–Trinajstić information content (AvgIpc) is 3.23. The number of carboxylic acid groups (broad SMARTS) is 1. The average molecular weight is 534 g/mol. The van der Waals surface area contributed by atoms with Crippen LogP contribution in [0.2, 0.25) is 0 Å². The summed E-state index contributed by atoms with van der Waals surface area (Å²) in [6, 6.07) is 3.53. The van der Waals surface area contributed by atoms with Crippen LogP contribution >= 0.6 is 12.6 Å². The van der Waals surface area contributed by atoms with Gasteiger partial charge in [0.25, 0.3) is 0 Å². The topological polar surface area (TPSA) is 166 Å². The molecule has 7 N–H and O–H groups in total. The number of aromatic nitrogens is 1. The van der Waals surface area contributed by atoms with E-state index in [9.17, 15) is 24.3 Å². The minimum absolute atomic E-state index is 0.0684. The summed E-state index contributed by atoms with van der Waals surface area (Å²) in [7, 11) is 0. The highest BCUT2D eigenvalue weighted by Gasteiger charge is 2.31. The molecule has 10 nitrogen and oxygen atoms in total. The number of carboxylic acids is 1. The van der Waals surface area contributed by atoms with E-state index in [1.807, 2.05) is 52.0 Å². The standard InChI is InChI=1S/C26H39N5O5S/c1-14(2)9-18(27)23(32)29-20(10-15(3)4)24(33)30-21(25(34)31-22(13-37)26(35)36)11-16-12-28-19-8-6-5-7-17(16)19/h5-8,12,14-15,18,20-22,28,37H,9-11,13,27H2,1-4H3,(H,29,32)(H,30,33)(H,31,34)(H,35,36). The molecule has 0 aliphatic carbocycles. The number of nitrogens with one attached hydrogen (secondary N) is 4. The van der Waals surface area contributed by atoms with Crippen LogP contribution in [0, 0.1) is 11.8 Å². The number of para-hydroxylation sites is 1. The molecule has 11 heteroatoms. The third-order valence-electron chi connectivity index (χ3n) is 5.93. The summed E-state index contributed by atoms with van der Waals surface area (Å²) in [5.41, 5.74) is 7.66. The van der Waals surface area contributed by atoms with Gasteiger partial charge in [0.15, 0.2) is 0 Å². The van der Waals surface area contributed by atoms with Crippen molar-refractivity contribution < 1.29 is 24.3 Å². The van der Waals surface area contributed by atoms with Gasteiger partial charge in [0.1, 0.15) is 18.1 Å². The van der Waals surface area contributed by atoms with Crippen LogP contribution in [0.15, 0.2) is 30.5 Å². The van der Waals surface area contributed by atoms with Gasteiger partial charge in [-0.05, 0) is 36.3 Å². The first-order chi connectivity index (χ1) is 17.4. The van der Waals surface area contributed by atoms with Crippen molar-refractivity contribution in [2.75, 3.05) is 5.75 Å². The molecule has 0 saturated carbocycles. The zero-order valence-corrected chi connectivity index (χ0v) is 22.7. The van der Waals surface area contributed by atoms with Crippen LogP contribution in [0.3, 0.4) is 0 Å². The lowest BCUT2D eigenvalue weighted by atomic mass is 9.99. The van der Waals surface area contributed by atoms with Gasteiger partial charge in [-0.3, -0.25) is 14.4 Å². The molecule has 1 heterocycles. The fourth-order valence-electron chi connectivity index (χ4n) is 4.06. The first-order valence-corrected chi connectivity index (χ1v) is 13.1. The van der Waals surface area contributed by atoms with Crippen LogP contribution in [-0.4, -0.2) is 63.7 Å². The largest absolute Gasteiger partial charge is 0.480 e. The smallest absolute Gasteiger partial charge is 0.327 e. The van der Waals surface area contributed by atoms with E-state index in [1.54, 1.807) is 6.20 Å². The molecule has 0 aliphatic heterocycles. The molecule has 0 radical (unpaired) electrons. The van der Waals surface area contributed by atoms with Crippen LogP contribution in [0.4, 0.5) is 0 Å². The normalized spacial score (nSPS) is 14.7. The van der Waals surface area contributed by atoms with E-state index in [0.717, 1.165) is 16.5 Å². The van der Waals surface area contributed by atoms with Crippen LogP contribution in [-0.2, 0) is 25.6 Å². The number of hydrogen-bond donors (Lipinski definition) is 7. The lowest BCUT2D eigenvalue weighted by Crippen LogP contribution is -2.58. The zero-order chi connectivity index (χ0) is 27.7. The SMILES string of the molecule is CC(C)CC(N)C(=O)NC(CC(C)C)C(=O)NC(Cc1c[nH]c2ccccc12)C(=O)NC(CS)C(=O)O. The highest BCUT2D eigenvalue weighted by atomic mass is 32.1. The van der Waals surface area contributed by atoms with Gasteiger partial charge in [0.2, 0.25) is 17.7 Å². The fourth-order valence-corrected chi connectivity index (χ4v) is 4.30. The summed E-state index contributed by atoms with van der Waals surface area (Å²) in [5, 5.41) is 18.2. The maximum atomic E-state index is 13.4. The minimum atomic E-state index is -1.23. The number of fused-ring (bicyclic) bond motifs is 1. The second-order valence-electron chi connectivity index (χ2n) is 10.1. The molecule has 4 unspecified atom stereocenters. The van der Waals surface area contributed by atoms with E-state index >= 15 is 0 Å². The fraction of sp³-hybridized carbons (Fsp3) is 0.538. The molecule has 1 aromatic heterocycles. The Kier molecular flexibility index (Phi) is 11.4. The lowest BCUT2D eigenvalue weighted by Gasteiger charge is -2.26. The Hall–Kier alpha value is -3.05. The van der Waals surface area contributed by atoms with Gasteiger partial charge in [-0.2, -0.15) is 12.6 Å². The third-order valence-corrected chi connectivity index (χ3v) is 6.30. The number of hydrogen-bond acceptors (Lipinski definition) is 6. The molecule has 2 aromatic rings. The number of H-pyrrole nitrogens is 1. The van der Waals surface area contributed by atoms with Gasteiger partial charge in [-0.25, -0.2) is 4.79 Å². The highest BCUT2D eigenvalue weighted by Crippen LogP contribution is 2.19. The Balaban J connectivity index is 2.29. The van der Waals surface area contributed by atoms with Crippen molar-refractivity contribution in [3.05, 3.63) is 36.0 Å². The maximum absolute atomic E-state index is 13.4. The van der Waals surface area contributed by atoms with Gasteiger partial charge in [-0.1, -0.05) is 45.9 Å². The predicted molar refractivity (Wildman–Crippen MR) is 146 cm³/mol. The summed E-state index contributed by atoms with van der Waals surface area (Å²) in [5.74, 6) is -2.72. The summed E-state index contributed by atoms with van der Waals surface area (Å²) >= 11 is 4.01. The van der Waals surface area contributed by atoms with Crippen LogP contribution in [0.25, 0.3) is 10.9 Å². The highest BCUT2D eigenvalue weighted by molar-refractivity contribution is 7.80. The number of carbonyl (C=O) groups is 4. The summed E-state index contributed by atoms with van der Waals surface area (Å²) in [6.45, 7) is 7.74. The van der Waals surface area contributed by atoms with E-state index in [1.165, 1.54) is 0 Å². The van der Waals surface area contributed by atoms with Gasteiger partial charge in [0.05, 0.1) is 6.04 Å². The molecule has 204 valence electrons. The van der Waals surface area contributed by atoms with Crippen molar-refractivity contribution >= 4 is 47.2 Å². The molecular formula is C26H39N5O5S. The summed E-state index contributed by atoms with van der Waals surface area (Å²) in [4.78, 5) is 53.8. The molecule has 4 atom stereocenters. The Morgan fingerprint density at radius 1 is 0.892 bits per heavy atom. The Bertz CT molecular complexity index is 1090. The molecule has 0 spiro atoms. The number of nitrogens with two attached hydrogens (primary N) is 1. The van der Waals surface area contributed by atoms with Gasteiger partial charge >= 0.3 is 5.97 Å². The monoisotopic (exact) mass is 533 g/mol. The molecule has 1 aromatic carbocycles. The third kappa shape index (κ3) is 9.08. The molecule has 2 rings (SSSR count). The van der Waals surface area contributed by atoms with Crippen LogP contribution in [0.1, 0.15) is 46.1 Å². The van der Waals surface area contributed by atoms with Crippen molar-refractivity contribution in [1.82, 2.24) is 20.9 Å². The molecule has 0 bridgehead atoms. The van der Waals surface area contributed by atoms with Crippen molar-refractivity contribution in [3.63, 3.8) is 0 Å². The van der Waals surface area contributed by atoms with E-state index in [2.05, 4.69) is 33.6 Å². The Morgan fingerprint density at radius 3 is 2.05 bits per heavy atom. The predicted octanol–water partition coefficient (Wildman–Crippen LogP) is 1.60. The summed E-state index contributed by atoms with van der Waals surface area (Å²) in [6.07, 6.45) is 2.66. The van der Waals surface area contributed by atoms with Crippen molar-refractivity contribution in [1.29, 1.82) is 0 Å². The molecule has 0 saturated heterocycles. The van der Waals surface area contributed by atoms with Crippen molar-refractivity contribution in [2.45, 2.75) is 71.1 Å². The number of rotatable bonds is 14. The molecule has 0 fully saturated rings. The minimum Gasteiger partial charge on any atom is -0.480 e. The summed E-state index contributed by atoms with van der Waals surface area (Å²) < 4.78 is 0. The number of benzene rings is 1. The van der Waals surface area contributed by atoms with Crippen molar-refractivity contribution in [2.24, 2.45) is 17.6 Å². The second-order valence-corrected chi connectivity index (χ2v) is 10.5. The number of carbonyl (C=O) groups excluding carboxylic acids is 3. The number of thiol groups is 1. The van der Waals surface area contributed by atoms with Gasteiger partial charge < -0.3 is 31.8 Å². The van der Waals surface area contributed by atoms with E-state index in [0.29, 0.717) is 12.8 Å². The Morgan fingerprint density at radius 2 is 1.46 bits per heavy atom. The van der Waals surface area contributed by atoms with E-state index in [-0.39, 0.29) is 24.0 Å². The number of amides is 3. The van der Waals surface area contributed by atoms with E-state index < -0.39 is 47.9 Å². The first kappa shape index (κ1) is 30.2. The van der Waals surface area contributed by atoms with E-state index in [4.69, 9.17) is 5.73 Å². The van der Waals surface area contributed by atoms with Crippen LogP contribution < -0.4 is 21.7 Å². The molecule has 37 heavy (non-hydrogen) atoms. The van der Waals surface area contributed by atoms with Gasteiger partial charge in [-0.15, -0.1) is 0 Å². The number of aliphatic carboxylic acids is 1. The van der Waals surface area contributed by atoms with Crippen molar-refractivity contribution in [3.8, 4) is 0 Å². The molecule has 3 amide bonds. The molecular weight excluding hydrogens is 494 g/mol. The zero-order valence-electron chi connectivity index (χ0n) is 21.8. The Labute approximate surface area is 222 Å². The lowest BCUT2D eigenvalue weighted by molar-refractivity contribution is -0.141. The first-order valence-electron chi connectivity index (χ1n) is 12.5. The quantitative estimate of drug-likeness (QED) is 0.182.